The van der Waals surface area contributed by atoms with E-state index in [9.17, 15) is 4.79 Å². The molecule has 7 nitrogen and oxygen atoms in total. The van der Waals surface area contributed by atoms with Crippen molar-refractivity contribution >= 4 is 23.2 Å². The smallest absolute Gasteiger partial charge is 0.263 e. The SMILES string of the molecule is Cc1cc(-c2ccnc(NC3CCN(C)CC3)n2)ccc1CNC(=O)c1cnc(C(C)(C)C)s1. The highest BCUT2D eigenvalue weighted by atomic mass is 32.1. The average Bonchev–Trinajstić information content (AvgIpc) is 3.31. The van der Waals surface area contributed by atoms with Gasteiger partial charge >= 0.3 is 0 Å². The van der Waals surface area contributed by atoms with E-state index in [2.05, 4.69) is 78.4 Å². The zero-order valence-corrected chi connectivity index (χ0v) is 21.5. The van der Waals surface area contributed by atoms with Crippen molar-refractivity contribution in [2.75, 3.05) is 25.5 Å². The molecular weight excluding hydrogens is 444 g/mol. The minimum atomic E-state index is -0.0862. The van der Waals surface area contributed by atoms with Crippen molar-refractivity contribution < 1.29 is 4.79 Å². The summed E-state index contributed by atoms with van der Waals surface area (Å²) in [6, 6.07) is 8.59. The third-order valence-electron chi connectivity index (χ3n) is 6.16. The van der Waals surface area contributed by atoms with Gasteiger partial charge in [0.25, 0.3) is 5.91 Å². The standard InChI is InChI=1S/C26H34N6OS/c1-17-14-18(21-8-11-27-25(31-21)30-20-9-12-32(5)13-10-20)6-7-19(17)15-28-23(33)22-16-29-24(34-22)26(2,3)4/h6-8,11,14,16,20H,9-10,12-13,15H2,1-5H3,(H,28,33)(H,27,30,31). The van der Waals surface area contributed by atoms with Gasteiger partial charge in [0.1, 0.15) is 4.88 Å². The first-order valence-corrected chi connectivity index (χ1v) is 12.6. The maximum atomic E-state index is 12.6. The number of aryl methyl sites for hydroxylation is 1. The minimum absolute atomic E-state index is 0.0564. The van der Waals surface area contributed by atoms with E-state index in [1.807, 2.05) is 12.3 Å². The third kappa shape index (κ3) is 5.98. The van der Waals surface area contributed by atoms with Gasteiger partial charge in [-0.15, -0.1) is 11.3 Å². The molecule has 180 valence electrons. The van der Waals surface area contributed by atoms with Crippen LogP contribution in [-0.2, 0) is 12.0 Å². The molecule has 1 amide bonds. The van der Waals surface area contributed by atoms with Crippen LogP contribution in [0.15, 0.2) is 36.7 Å². The molecule has 1 saturated heterocycles. The Morgan fingerprint density at radius 2 is 1.94 bits per heavy atom. The number of anilines is 1. The molecule has 1 aliphatic heterocycles. The zero-order valence-electron chi connectivity index (χ0n) is 20.7. The predicted molar refractivity (Wildman–Crippen MR) is 138 cm³/mol. The van der Waals surface area contributed by atoms with Crippen molar-refractivity contribution in [3.63, 3.8) is 0 Å². The van der Waals surface area contributed by atoms with Crippen LogP contribution < -0.4 is 10.6 Å². The Hall–Kier alpha value is -2.84. The van der Waals surface area contributed by atoms with Crippen molar-refractivity contribution in [2.45, 2.75) is 58.5 Å². The zero-order chi connectivity index (χ0) is 24.3. The summed E-state index contributed by atoms with van der Waals surface area (Å²) >= 11 is 1.46. The third-order valence-corrected chi connectivity index (χ3v) is 7.58. The summed E-state index contributed by atoms with van der Waals surface area (Å²) in [7, 11) is 2.16. The van der Waals surface area contributed by atoms with Crippen LogP contribution in [0.3, 0.4) is 0 Å². The first kappa shape index (κ1) is 24.3. The number of likely N-dealkylation sites (tertiary alicyclic amines) is 1. The van der Waals surface area contributed by atoms with Crippen LogP contribution >= 0.6 is 11.3 Å². The number of carbonyl (C=O) groups excluding carboxylic acids is 1. The fourth-order valence-corrected chi connectivity index (χ4v) is 4.86. The normalized spacial score (nSPS) is 15.3. The van der Waals surface area contributed by atoms with Crippen molar-refractivity contribution in [2.24, 2.45) is 0 Å². The summed E-state index contributed by atoms with van der Waals surface area (Å²) in [6.07, 6.45) is 5.68. The molecule has 0 aliphatic carbocycles. The highest BCUT2D eigenvalue weighted by molar-refractivity contribution is 7.13. The van der Waals surface area contributed by atoms with E-state index < -0.39 is 0 Å². The van der Waals surface area contributed by atoms with Gasteiger partial charge in [0.2, 0.25) is 5.95 Å². The van der Waals surface area contributed by atoms with Crippen LogP contribution in [0.2, 0.25) is 0 Å². The molecule has 0 unspecified atom stereocenters. The summed E-state index contributed by atoms with van der Waals surface area (Å²) in [5.74, 6) is 0.595. The lowest BCUT2D eigenvalue weighted by molar-refractivity contribution is 0.0954. The van der Waals surface area contributed by atoms with E-state index in [1.54, 1.807) is 6.20 Å². The molecule has 3 heterocycles. The summed E-state index contributed by atoms with van der Waals surface area (Å²) in [4.78, 5) is 29.2. The number of rotatable bonds is 6. The van der Waals surface area contributed by atoms with Crippen LogP contribution in [0.25, 0.3) is 11.3 Å². The molecule has 0 saturated carbocycles. The lowest BCUT2D eigenvalue weighted by Gasteiger charge is -2.29. The number of nitrogens with one attached hydrogen (secondary N) is 2. The van der Waals surface area contributed by atoms with Crippen LogP contribution in [0.4, 0.5) is 5.95 Å². The van der Waals surface area contributed by atoms with Gasteiger partial charge in [0, 0.05) is 29.8 Å². The fourth-order valence-electron chi connectivity index (χ4n) is 3.97. The minimum Gasteiger partial charge on any atom is -0.351 e. The molecule has 0 radical (unpaired) electrons. The second-order valence-corrected chi connectivity index (χ2v) is 11.1. The summed E-state index contributed by atoms with van der Waals surface area (Å²) < 4.78 is 0. The first-order chi connectivity index (χ1) is 16.2. The molecule has 3 aromatic rings. The van der Waals surface area contributed by atoms with E-state index in [-0.39, 0.29) is 11.3 Å². The molecule has 0 bridgehead atoms. The molecule has 2 N–H and O–H groups in total. The highest BCUT2D eigenvalue weighted by Gasteiger charge is 2.20. The van der Waals surface area contributed by atoms with E-state index in [0.717, 1.165) is 53.3 Å². The monoisotopic (exact) mass is 478 g/mol. The van der Waals surface area contributed by atoms with Gasteiger partial charge in [-0.05, 0) is 63.2 Å². The second-order valence-electron chi connectivity index (χ2n) is 10.1. The van der Waals surface area contributed by atoms with Gasteiger partial charge in [-0.2, -0.15) is 0 Å². The van der Waals surface area contributed by atoms with E-state index in [1.165, 1.54) is 11.3 Å². The van der Waals surface area contributed by atoms with Gasteiger partial charge in [0.15, 0.2) is 0 Å². The Balaban J connectivity index is 1.39. The first-order valence-electron chi connectivity index (χ1n) is 11.8. The summed E-state index contributed by atoms with van der Waals surface area (Å²) in [5, 5.41) is 7.49. The number of nitrogens with zero attached hydrogens (tertiary/aromatic N) is 4. The largest absolute Gasteiger partial charge is 0.351 e. The van der Waals surface area contributed by atoms with Crippen molar-refractivity contribution in [3.05, 3.63) is 57.7 Å². The lowest BCUT2D eigenvalue weighted by Crippen LogP contribution is -2.37. The van der Waals surface area contributed by atoms with E-state index >= 15 is 0 Å². The number of thiazole rings is 1. The molecule has 0 atom stereocenters. The number of benzene rings is 1. The fraction of sp³-hybridized carbons (Fsp3) is 0.462. The number of hydrogen-bond donors (Lipinski definition) is 2. The van der Waals surface area contributed by atoms with E-state index in [0.29, 0.717) is 23.4 Å². The molecule has 34 heavy (non-hydrogen) atoms. The van der Waals surface area contributed by atoms with E-state index in [4.69, 9.17) is 4.98 Å². The van der Waals surface area contributed by atoms with Crippen LogP contribution in [0, 0.1) is 6.92 Å². The highest BCUT2D eigenvalue weighted by Crippen LogP contribution is 2.27. The molecule has 4 rings (SSSR count). The molecule has 2 aromatic heterocycles. The molecule has 1 fully saturated rings. The van der Waals surface area contributed by atoms with Crippen LogP contribution in [0.5, 0.6) is 0 Å². The second kappa shape index (κ2) is 10.2. The molecule has 8 heteroatoms. The quantitative estimate of drug-likeness (QED) is 0.537. The van der Waals surface area contributed by atoms with Gasteiger partial charge in [-0.25, -0.2) is 15.0 Å². The van der Waals surface area contributed by atoms with Gasteiger partial charge in [-0.3, -0.25) is 4.79 Å². The van der Waals surface area contributed by atoms with Crippen molar-refractivity contribution in [3.8, 4) is 11.3 Å². The topological polar surface area (TPSA) is 83.0 Å². The number of carbonyl (C=O) groups is 1. The Morgan fingerprint density at radius 3 is 2.62 bits per heavy atom. The van der Waals surface area contributed by atoms with Crippen molar-refractivity contribution in [1.82, 2.24) is 25.2 Å². The number of piperidine rings is 1. The predicted octanol–water partition coefficient (Wildman–Crippen LogP) is 4.64. The Bertz CT molecular complexity index is 1140. The van der Waals surface area contributed by atoms with Gasteiger partial charge in [0.05, 0.1) is 16.9 Å². The van der Waals surface area contributed by atoms with Gasteiger partial charge < -0.3 is 15.5 Å². The van der Waals surface area contributed by atoms with Gasteiger partial charge in [-0.1, -0.05) is 32.9 Å². The Morgan fingerprint density at radius 1 is 1.18 bits per heavy atom. The summed E-state index contributed by atoms with van der Waals surface area (Å²) in [5.41, 5.74) is 4.07. The molecule has 1 aliphatic rings. The molecule has 0 spiro atoms. The lowest BCUT2D eigenvalue weighted by atomic mass is 9.98. The number of amides is 1. The van der Waals surface area contributed by atoms with Crippen molar-refractivity contribution in [1.29, 1.82) is 0 Å². The Kier molecular flexibility index (Phi) is 7.28. The number of hydrogen-bond acceptors (Lipinski definition) is 7. The average molecular weight is 479 g/mol. The van der Waals surface area contributed by atoms with Crippen LogP contribution in [-0.4, -0.2) is 51.9 Å². The molecular formula is C26H34N6OS. The maximum absolute atomic E-state index is 12.6. The van der Waals surface area contributed by atoms with Crippen LogP contribution in [0.1, 0.15) is 59.4 Å². The number of aromatic nitrogens is 3. The Labute approximate surface area is 206 Å². The molecule has 1 aromatic carbocycles. The summed E-state index contributed by atoms with van der Waals surface area (Å²) in [6.45, 7) is 11.0. The maximum Gasteiger partial charge on any atom is 0.263 e.